The van der Waals surface area contributed by atoms with Gasteiger partial charge in [-0.25, -0.2) is 9.18 Å². The molecule has 0 aliphatic heterocycles. The van der Waals surface area contributed by atoms with Crippen LogP contribution in [0.25, 0.3) is 17.4 Å². The number of aliphatic carboxylic acids is 1. The van der Waals surface area contributed by atoms with Gasteiger partial charge in [0.05, 0.1) is 0 Å². The Morgan fingerprint density at radius 3 is 2.54 bits per heavy atom. The molecule has 1 aromatic heterocycles. The number of carboxylic acid groups (broad SMARTS) is 1. The van der Waals surface area contributed by atoms with Crippen molar-refractivity contribution in [1.29, 1.82) is 0 Å². The number of halogens is 1. The Bertz CT molecular complexity index is 973. The highest BCUT2D eigenvalue weighted by Crippen LogP contribution is 2.23. The van der Waals surface area contributed by atoms with Gasteiger partial charge in [-0.2, -0.15) is 0 Å². The van der Waals surface area contributed by atoms with E-state index in [1.807, 2.05) is 0 Å². The van der Waals surface area contributed by atoms with E-state index in [1.54, 1.807) is 42.5 Å². The van der Waals surface area contributed by atoms with Crippen LogP contribution in [0, 0.1) is 5.82 Å². The molecule has 3 aromatic rings. The van der Waals surface area contributed by atoms with Crippen molar-refractivity contribution in [2.45, 2.75) is 0 Å². The number of carbonyl (C=O) groups excluding carboxylic acids is 1. The van der Waals surface area contributed by atoms with E-state index in [2.05, 4.69) is 5.32 Å². The van der Waals surface area contributed by atoms with E-state index in [0.717, 1.165) is 6.08 Å². The van der Waals surface area contributed by atoms with Gasteiger partial charge in [0.25, 0.3) is 5.91 Å². The van der Waals surface area contributed by atoms with Crippen LogP contribution in [0.15, 0.2) is 71.2 Å². The van der Waals surface area contributed by atoms with Crippen molar-refractivity contribution in [2.75, 3.05) is 5.32 Å². The van der Waals surface area contributed by atoms with Crippen molar-refractivity contribution in [2.24, 2.45) is 0 Å². The molecule has 0 fully saturated rings. The third-order valence-corrected chi connectivity index (χ3v) is 3.52. The zero-order valence-electron chi connectivity index (χ0n) is 13.5. The summed E-state index contributed by atoms with van der Waals surface area (Å²) in [7, 11) is 0. The summed E-state index contributed by atoms with van der Waals surface area (Å²) < 4.78 is 18.5. The average molecular weight is 351 g/mol. The molecule has 0 unspecified atom stereocenters. The summed E-state index contributed by atoms with van der Waals surface area (Å²) >= 11 is 0. The topological polar surface area (TPSA) is 79.5 Å². The maximum absolute atomic E-state index is 13.0. The summed E-state index contributed by atoms with van der Waals surface area (Å²) in [6.45, 7) is 0. The second-order valence-corrected chi connectivity index (χ2v) is 5.42. The summed E-state index contributed by atoms with van der Waals surface area (Å²) in [5.74, 6) is -1.29. The number of carbonyl (C=O) groups is 2. The summed E-state index contributed by atoms with van der Waals surface area (Å²) in [6, 6.07) is 15.7. The normalized spacial score (nSPS) is 10.8. The van der Waals surface area contributed by atoms with E-state index in [-0.39, 0.29) is 11.6 Å². The third kappa shape index (κ3) is 4.24. The van der Waals surface area contributed by atoms with Crippen LogP contribution in [-0.2, 0) is 4.79 Å². The molecular weight excluding hydrogens is 337 g/mol. The minimum absolute atomic E-state index is 0.107. The van der Waals surface area contributed by atoms with E-state index in [4.69, 9.17) is 9.52 Å². The zero-order valence-corrected chi connectivity index (χ0v) is 13.5. The number of anilines is 1. The van der Waals surface area contributed by atoms with E-state index < -0.39 is 11.9 Å². The number of amides is 1. The molecule has 130 valence electrons. The second-order valence-electron chi connectivity index (χ2n) is 5.42. The molecule has 0 bridgehead atoms. The first-order valence-electron chi connectivity index (χ1n) is 7.69. The van der Waals surface area contributed by atoms with Crippen molar-refractivity contribution in [3.8, 4) is 11.3 Å². The van der Waals surface area contributed by atoms with E-state index in [0.29, 0.717) is 22.6 Å². The Morgan fingerprint density at radius 2 is 1.81 bits per heavy atom. The zero-order chi connectivity index (χ0) is 18.5. The number of nitrogens with one attached hydrogen (secondary N) is 1. The number of benzene rings is 2. The lowest BCUT2D eigenvalue weighted by molar-refractivity contribution is -0.131. The van der Waals surface area contributed by atoms with Gasteiger partial charge in [-0.1, -0.05) is 12.1 Å². The molecule has 5 nitrogen and oxygen atoms in total. The van der Waals surface area contributed by atoms with Gasteiger partial charge in [-0.15, -0.1) is 0 Å². The largest absolute Gasteiger partial charge is 0.478 e. The smallest absolute Gasteiger partial charge is 0.328 e. The highest BCUT2D eigenvalue weighted by molar-refractivity contribution is 6.02. The third-order valence-electron chi connectivity index (χ3n) is 3.52. The number of hydrogen-bond acceptors (Lipinski definition) is 3. The van der Waals surface area contributed by atoms with Crippen LogP contribution in [0.1, 0.15) is 16.1 Å². The molecule has 26 heavy (non-hydrogen) atoms. The van der Waals surface area contributed by atoms with Crippen molar-refractivity contribution < 1.29 is 23.5 Å². The van der Waals surface area contributed by atoms with Crippen molar-refractivity contribution in [3.63, 3.8) is 0 Å². The van der Waals surface area contributed by atoms with E-state index in [1.165, 1.54) is 24.3 Å². The standard InChI is InChI=1S/C20H14FNO4/c21-15-7-5-14(6-8-15)17-9-10-18(26-17)20(25)22-16-3-1-2-13(12-16)4-11-19(23)24/h1-12H,(H,22,25)(H,23,24)/b11-4+. The first kappa shape index (κ1) is 17.2. The number of furan rings is 1. The average Bonchev–Trinajstić information content (AvgIpc) is 3.11. The second kappa shape index (κ2) is 7.48. The predicted octanol–water partition coefficient (Wildman–Crippen LogP) is 4.44. The molecule has 1 heterocycles. The lowest BCUT2D eigenvalue weighted by Crippen LogP contribution is -2.10. The van der Waals surface area contributed by atoms with Gasteiger partial charge in [0.2, 0.25) is 0 Å². The van der Waals surface area contributed by atoms with Gasteiger partial charge < -0.3 is 14.8 Å². The Morgan fingerprint density at radius 1 is 1.04 bits per heavy atom. The SMILES string of the molecule is O=C(O)/C=C/c1cccc(NC(=O)c2ccc(-c3ccc(F)cc3)o2)c1. The van der Waals surface area contributed by atoms with Gasteiger partial charge in [0.15, 0.2) is 5.76 Å². The molecule has 0 saturated carbocycles. The number of carboxylic acids is 1. The molecular formula is C20H14FNO4. The molecule has 1 amide bonds. The first-order valence-corrected chi connectivity index (χ1v) is 7.69. The van der Waals surface area contributed by atoms with Crippen LogP contribution in [0.2, 0.25) is 0 Å². The quantitative estimate of drug-likeness (QED) is 0.666. The summed E-state index contributed by atoms with van der Waals surface area (Å²) in [4.78, 5) is 22.9. The van der Waals surface area contributed by atoms with Crippen molar-refractivity contribution >= 4 is 23.6 Å². The van der Waals surface area contributed by atoms with Crippen LogP contribution < -0.4 is 5.32 Å². The minimum Gasteiger partial charge on any atom is -0.478 e. The predicted molar refractivity (Wildman–Crippen MR) is 95.2 cm³/mol. The molecule has 2 aromatic carbocycles. The summed E-state index contributed by atoms with van der Waals surface area (Å²) in [6.07, 6.45) is 2.44. The summed E-state index contributed by atoms with van der Waals surface area (Å²) in [5.41, 5.74) is 1.80. The van der Waals surface area contributed by atoms with Crippen LogP contribution >= 0.6 is 0 Å². The molecule has 0 radical (unpaired) electrons. The van der Waals surface area contributed by atoms with Crippen molar-refractivity contribution in [1.82, 2.24) is 0 Å². The van der Waals surface area contributed by atoms with Gasteiger partial charge >= 0.3 is 5.97 Å². The van der Waals surface area contributed by atoms with E-state index in [9.17, 15) is 14.0 Å². The molecule has 0 atom stereocenters. The highest BCUT2D eigenvalue weighted by atomic mass is 19.1. The molecule has 0 spiro atoms. The first-order chi connectivity index (χ1) is 12.5. The Balaban J connectivity index is 1.73. The minimum atomic E-state index is -1.05. The molecule has 0 aliphatic rings. The number of rotatable bonds is 5. The molecule has 0 aliphatic carbocycles. The lowest BCUT2D eigenvalue weighted by atomic mass is 10.2. The number of hydrogen-bond donors (Lipinski definition) is 2. The monoisotopic (exact) mass is 351 g/mol. The van der Waals surface area contributed by atoms with Gasteiger partial charge in [-0.05, 0) is 60.2 Å². The molecule has 3 rings (SSSR count). The highest BCUT2D eigenvalue weighted by Gasteiger charge is 2.12. The maximum atomic E-state index is 13.0. The fourth-order valence-corrected chi connectivity index (χ4v) is 2.31. The summed E-state index contributed by atoms with van der Waals surface area (Å²) in [5, 5.41) is 11.3. The lowest BCUT2D eigenvalue weighted by Gasteiger charge is -2.04. The molecule has 2 N–H and O–H groups in total. The van der Waals surface area contributed by atoms with Gasteiger partial charge in [-0.3, -0.25) is 4.79 Å². The van der Waals surface area contributed by atoms with Crippen LogP contribution in [0.3, 0.4) is 0 Å². The Hall–Kier alpha value is -3.67. The van der Waals surface area contributed by atoms with Crippen LogP contribution in [0.5, 0.6) is 0 Å². The van der Waals surface area contributed by atoms with Crippen LogP contribution in [-0.4, -0.2) is 17.0 Å². The van der Waals surface area contributed by atoms with Crippen LogP contribution in [0.4, 0.5) is 10.1 Å². The van der Waals surface area contributed by atoms with Gasteiger partial charge in [0, 0.05) is 17.3 Å². The maximum Gasteiger partial charge on any atom is 0.328 e. The molecule has 0 saturated heterocycles. The fourth-order valence-electron chi connectivity index (χ4n) is 2.31. The Kier molecular flexibility index (Phi) is 4.94. The van der Waals surface area contributed by atoms with Crippen molar-refractivity contribution in [3.05, 3.63) is 83.9 Å². The fraction of sp³-hybridized carbons (Fsp3) is 0. The molecule has 6 heteroatoms. The Labute approximate surface area is 148 Å². The van der Waals surface area contributed by atoms with E-state index >= 15 is 0 Å². The van der Waals surface area contributed by atoms with Gasteiger partial charge in [0.1, 0.15) is 11.6 Å².